The molecule has 0 fully saturated rings. The minimum Gasteiger partial charge on any atom is -0.478 e. The molecule has 0 aliphatic rings. The van der Waals surface area contributed by atoms with Gasteiger partial charge in [0, 0.05) is 17.9 Å². The van der Waals surface area contributed by atoms with Gasteiger partial charge in [0.2, 0.25) is 0 Å². The zero-order valence-electron chi connectivity index (χ0n) is 8.97. The van der Waals surface area contributed by atoms with Crippen LogP contribution in [0.25, 0.3) is 0 Å². The van der Waals surface area contributed by atoms with Crippen LogP contribution in [-0.2, 0) is 4.74 Å². The number of nitrogens with one attached hydrogen (secondary N) is 1. The molecular formula is C10H13N3O4. The van der Waals surface area contributed by atoms with Crippen molar-refractivity contribution >= 4 is 23.4 Å². The molecule has 0 aromatic heterocycles. The van der Waals surface area contributed by atoms with Crippen molar-refractivity contribution in [3.05, 3.63) is 23.8 Å². The number of aromatic carboxylic acids is 1. The summed E-state index contributed by atoms with van der Waals surface area (Å²) in [6, 6.07) is 4.46. The van der Waals surface area contributed by atoms with Crippen LogP contribution < -0.4 is 16.8 Å². The Balaban J connectivity index is 2.64. The predicted molar refractivity (Wildman–Crippen MR) is 61.8 cm³/mol. The molecular weight excluding hydrogens is 226 g/mol. The van der Waals surface area contributed by atoms with Crippen LogP contribution in [0.15, 0.2) is 18.2 Å². The van der Waals surface area contributed by atoms with E-state index in [0.29, 0.717) is 11.4 Å². The summed E-state index contributed by atoms with van der Waals surface area (Å²) in [5, 5.41) is 11.7. The van der Waals surface area contributed by atoms with Gasteiger partial charge in [-0.2, -0.15) is 0 Å². The maximum Gasteiger partial charge on any atom is 0.404 e. The van der Waals surface area contributed by atoms with Crippen molar-refractivity contribution in [3.8, 4) is 0 Å². The zero-order chi connectivity index (χ0) is 12.8. The lowest BCUT2D eigenvalue weighted by Crippen LogP contribution is -2.19. The van der Waals surface area contributed by atoms with Gasteiger partial charge in [0.05, 0.1) is 5.56 Å². The maximum absolute atomic E-state index is 10.9. The molecule has 0 unspecified atom stereocenters. The number of carboxylic acids is 1. The Morgan fingerprint density at radius 1 is 1.41 bits per heavy atom. The molecule has 1 rings (SSSR count). The Labute approximate surface area is 97.4 Å². The smallest absolute Gasteiger partial charge is 0.404 e. The maximum atomic E-state index is 10.9. The van der Waals surface area contributed by atoms with Crippen LogP contribution >= 0.6 is 0 Å². The van der Waals surface area contributed by atoms with Crippen molar-refractivity contribution in [2.75, 3.05) is 24.2 Å². The fourth-order valence-corrected chi connectivity index (χ4v) is 1.23. The first-order valence-electron chi connectivity index (χ1n) is 4.79. The highest BCUT2D eigenvalue weighted by molar-refractivity contribution is 5.95. The van der Waals surface area contributed by atoms with Crippen molar-refractivity contribution < 1.29 is 19.4 Å². The number of ether oxygens (including phenoxy) is 1. The minimum atomic E-state index is -1.09. The second-order valence-electron chi connectivity index (χ2n) is 3.20. The van der Waals surface area contributed by atoms with Gasteiger partial charge in [0.1, 0.15) is 6.61 Å². The summed E-state index contributed by atoms with van der Waals surface area (Å²) in [7, 11) is 0. The van der Waals surface area contributed by atoms with Crippen LogP contribution in [0.5, 0.6) is 0 Å². The molecule has 0 heterocycles. The number of carbonyl (C=O) groups excluding carboxylic acids is 1. The van der Waals surface area contributed by atoms with E-state index in [0.717, 1.165) is 0 Å². The lowest BCUT2D eigenvalue weighted by molar-refractivity contribution is 0.0697. The molecule has 0 aliphatic carbocycles. The zero-order valence-corrected chi connectivity index (χ0v) is 8.97. The lowest BCUT2D eigenvalue weighted by atomic mass is 10.1. The minimum absolute atomic E-state index is 0.0543. The lowest BCUT2D eigenvalue weighted by Gasteiger charge is -2.09. The number of anilines is 2. The molecule has 7 heteroatoms. The molecule has 17 heavy (non-hydrogen) atoms. The molecule has 7 nitrogen and oxygen atoms in total. The van der Waals surface area contributed by atoms with Gasteiger partial charge >= 0.3 is 12.1 Å². The van der Waals surface area contributed by atoms with Gasteiger partial charge in [-0.1, -0.05) is 0 Å². The van der Waals surface area contributed by atoms with Crippen molar-refractivity contribution in [2.24, 2.45) is 5.73 Å². The number of carboxylic acid groups (broad SMARTS) is 1. The van der Waals surface area contributed by atoms with E-state index >= 15 is 0 Å². The Hall–Kier alpha value is -2.44. The third-order valence-electron chi connectivity index (χ3n) is 1.94. The average Bonchev–Trinajstić information content (AvgIpc) is 2.25. The van der Waals surface area contributed by atoms with Gasteiger partial charge in [-0.3, -0.25) is 0 Å². The number of nitrogens with two attached hydrogens (primary N) is 2. The van der Waals surface area contributed by atoms with Gasteiger partial charge in [-0.05, 0) is 18.2 Å². The Morgan fingerprint density at radius 3 is 2.71 bits per heavy atom. The van der Waals surface area contributed by atoms with Gasteiger partial charge in [0.15, 0.2) is 0 Å². The summed E-state index contributed by atoms with van der Waals surface area (Å²) in [6.45, 7) is 0.311. The van der Waals surface area contributed by atoms with Gasteiger partial charge in [0.25, 0.3) is 0 Å². The van der Waals surface area contributed by atoms with E-state index in [1.807, 2.05) is 0 Å². The average molecular weight is 239 g/mol. The largest absolute Gasteiger partial charge is 0.478 e. The molecule has 0 saturated carbocycles. The monoisotopic (exact) mass is 239 g/mol. The third-order valence-corrected chi connectivity index (χ3v) is 1.94. The first-order chi connectivity index (χ1) is 8.00. The van der Waals surface area contributed by atoms with Crippen LogP contribution in [0, 0.1) is 0 Å². The number of hydrogen-bond acceptors (Lipinski definition) is 5. The Morgan fingerprint density at radius 2 is 2.12 bits per heavy atom. The highest BCUT2D eigenvalue weighted by Gasteiger charge is 2.09. The highest BCUT2D eigenvalue weighted by Crippen LogP contribution is 2.18. The topological polar surface area (TPSA) is 128 Å². The molecule has 6 N–H and O–H groups in total. The second kappa shape index (κ2) is 5.59. The molecule has 0 bridgehead atoms. The van der Waals surface area contributed by atoms with E-state index in [1.54, 1.807) is 12.1 Å². The van der Waals surface area contributed by atoms with Crippen molar-refractivity contribution in [1.82, 2.24) is 0 Å². The van der Waals surface area contributed by atoms with Crippen molar-refractivity contribution in [1.29, 1.82) is 0 Å². The summed E-state index contributed by atoms with van der Waals surface area (Å²) in [6.07, 6.45) is -0.873. The summed E-state index contributed by atoms with van der Waals surface area (Å²) in [4.78, 5) is 21.2. The molecule has 0 atom stereocenters. The van der Waals surface area contributed by atoms with Gasteiger partial charge in [-0.15, -0.1) is 0 Å². The number of carbonyl (C=O) groups is 2. The molecule has 1 amide bonds. The van der Waals surface area contributed by atoms with Crippen molar-refractivity contribution in [2.45, 2.75) is 0 Å². The molecule has 92 valence electrons. The van der Waals surface area contributed by atoms with E-state index in [4.69, 9.17) is 16.6 Å². The van der Waals surface area contributed by atoms with E-state index in [1.165, 1.54) is 6.07 Å². The van der Waals surface area contributed by atoms with E-state index in [-0.39, 0.29) is 18.7 Å². The second-order valence-corrected chi connectivity index (χ2v) is 3.20. The van der Waals surface area contributed by atoms with Crippen molar-refractivity contribution in [3.63, 3.8) is 0 Å². The van der Waals surface area contributed by atoms with E-state index in [9.17, 15) is 9.59 Å². The molecule has 1 aromatic carbocycles. The molecule has 0 radical (unpaired) electrons. The Kier molecular flexibility index (Phi) is 4.15. The summed E-state index contributed by atoms with van der Waals surface area (Å²) in [5.41, 5.74) is 11.1. The van der Waals surface area contributed by atoms with Crippen LogP contribution in [0.2, 0.25) is 0 Å². The quantitative estimate of drug-likeness (QED) is 0.437. The van der Waals surface area contributed by atoms with E-state index in [2.05, 4.69) is 10.1 Å². The Bertz CT molecular complexity index is 434. The number of benzene rings is 1. The normalized spacial score (nSPS) is 9.65. The molecule has 0 spiro atoms. The number of hydrogen-bond donors (Lipinski definition) is 4. The number of nitrogen functional groups attached to an aromatic ring is 1. The van der Waals surface area contributed by atoms with E-state index < -0.39 is 12.1 Å². The van der Waals surface area contributed by atoms with Crippen LogP contribution in [0.3, 0.4) is 0 Å². The van der Waals surface area contributed by atoms with Crippen LogP contribution in [0.1, 0.15) is 10.4 Å². The van der Waals surface area contributed by atoms with Crippen LogP contribution in [-0.4, -0.2) is 30.3 Å². The first kappa shape index (κ1) is 12.6. The summed E-state index contributed by atoms with van der Waals surface area (Å²) >= 11 is 0. The highest BCUT2D eigenvalue weighted by atomic mass is 16.5. The fraction of sp³-hybridized carbons (Fsp3) is 0.200. The predicted octanol–water partition coefficient (Wildman–Crippen LogP) is 0.474. The third kappa shape index (κ3) is 3.90. The molecule has 0 saturated heterocycles. The SMILES string of the molecule is NC(=O)OCCNc1ccc(N)cc1C(=O)O. The number of primary amides is 1. The summed E-state index contributed by atoms with van der Waals surface area (Å²) in [5.74, 6) is -1.09. The molecule has 1 aromatic rings. The number of rotatable bonds is 5. The molecule has 0 aliphatic heterocycles. The standard InChI is InChI=1S/C10H13N3O4/c11-6-1-2-8(7(5-6)9(14)15)13-3-4-17-10(12)16/h1-2,5,13H,3-4,11H2,(H2,12,16)(H,14,15). The van der Waals surface area contributed by atoms with Crippen LogP contribution in [0.4, 0.5) is 16.2 Å². The van der Waals surface area contributed by atoms with Gasteiger partial charge < -0.3 is 26.6 Å². The summed E-state index contributed by atoms with van der Waals surface area (Å²) < 4.78 is 4.49. The first-order valence-corrected chi connectivity index (χ1v) is 4.79. The van der Waals surface area contributed by atoms with Gasteiger partial charge in [-0.25, -0.2) is 9.59 Å². The fourth-order valence-electron chi connectivity index (χ4n) is 1.23. The number of amides is 1.